The van der Waals surface area contributed by atoms with E-state index in [4.69, 9.17) is 8.83 Å². The zero-order chi connectivity index (χ0) is 34.9. The molecule has 0 aliphatic heterocycles. The maximum atomic E-state index is 6.88. The first-order chi connectivity index (χ1) is 26.3. The van der Waals surface area contributed by atoms with Crippen LogP contribution in [0.1, 0.15) is 0 Å². The van der Waals surface area contributed by atoms with Crippen LogP contribution < -0.4 is 4.90 Å². The lowest BCUT2D eigenvalue weighted by atomic mass is 9.98. The summed E-state index contributed by atoms with van der Waals surface area (Å²) in [5.74, 6) is 0. The fraction of sp³-hybridized carbons (Fsp3) is 0. The number of rotatable bonds is 5. The van der Waals surface area contributed by atoms with Crippen molar-refractivity contribution in [1.29, 1.82) is 0 Å². The summed E-state index contributed by atoms with van der Waals surface area (Å²) in [6.07, 6.45) is 0. The Morgan fingerprint density at radius 1 is 0.302 bits per heavy atom. The third kappa shape index (κ3) is 4.68. The van der Waals surface area contributed by atoms with Gasteiger partial charge in [-0.2, -0.15) is 0 Å². The Kier molecular flexibility index (Phi) is 6.55. The number of benzene rings is 9. The summed E-state index contributed by atoms with van der Waals surface area (Å²) in [7, 11) is 0. The van der Waals surface area contributed by atoms with Crippen molar-refractivity contribution in [2.75, 3.05) is 4.90 Å². The average Bonchev–Trinajstić information content (AvgIpc) is 3.81. The molecular weight excluding hydrogens is 647 g/mol. The lowest BCUT2D eigenvalue weighted by Gasteiger charge is -2.26. The summed E-state index contributed by atoms with van der Waals surface area (Å²) in [4.78, 5) is 2.31. The summed E-state index contributed by atoms with van der Waals surface area (Å²) >= 11 is 0. The Labute approximate surface area is 305 Å². The highest BCUT2D eigenvalue weighted by molar-refractivity contribution is 6.17. The van der Waals surface area contributed by atoms with Gasteiger partial charge in [0, 0.05) is 43.9 Å². The number of furan rings is 2. The topological polar surface area (TPSA) is 29.5 Å². The molecule has 248 valence electrons. The minimum absolute atomic E-state index is 0.855. The Balaban J connectivity index is 1.08. The lowest BCUT2D eigenvalue weighted by Crippen LogP contribution is -2.10. The minimum atomic E-state index is 0.855. The molecule has 0 saturated carbocycles. The van der Waals surface area contributed by atoms with Gasteiger partial charge in [-0.1, -0.05) is 146 Å². The first kappa shape index (κ1) is 29.6. The molecule has 0 N–H and O–H groups in total. The van der Waals surface area contributed by atoms with Crippen LogP contribution in [-0.4, -0.2) is 0 Å². The predicted octanol–water partition coefficient (Wildman–Crippen LogP) is 14.6. The molecule has 0 unspecified atom stereocenters. The largest absolute Gasteiger partial charge is 0.455 e. The molecule has 0 radical (unpaired) electrons. The molecule has 11 aromatic rings. The highest BCUT2D eigenvalue weighted by Gasteiger charge is 2.21. The maximum Gasteiger partial charge on any atom is 0.159 e. The van der Waals surface area contributed by atoms with Crippen LogP contribution in [0.3, 0.4) is 0 Å². The van der Waals surface area contributed by atoms with Gasteiger partial charge in [0.05, 0.1) is 5.69 Å². The number of nitrogens with zero attached hydrogens (tertiary/aromatic N) is 1. The molecule has 2 aromatic heterocycles. The van der Waals surface area contributed by atoms with E-state index in [1.54, 1.807) is 0 Å². The fourth-order valence-electron chi connectivity index (χ4n) is 8.15. The van der Waals surface area contributed by atoms with Crippen LogP contribution in [0, 0.1) is 0 Å². The van der Waals surface area contributed by atoms with Crippen molar-refractivity contribution in [3.8, 4) is 22.3 Å². The van der Waals surface area contributed by atoms with E-state index in [2.05, 4.69) is 181 Å². The normalized spacial score (nSPS) is 11.8. The van der Waals surface area contributed by atoms with Crippen molar-refractivity contribution in [3.05, 3.63) is 188 Å². The smallest absolute Gasteiger partial charge is 0.159 e. The van der Waals surface area contributed by atoms with Crippen molar-refractivity contribution >= 4 is 82.5 Å². The van der Waals surface area contributed by atoms with Crippen LogP contribution in [0.15, 0.2) is 197 Å². The molecule has 0 saturated heterocycles. The van der Waals surface area contributed by atoms with Gasteiger partial charge >= 0.3 is 0 Å². The van der Waals surface area contributed by atoms with Crippen LogP contribution >= 0.6 is 0 Å². The molecule has 0 aliphatic rings. The monoisotopic (exact) mass is 677 g/mol. The Hall–Kier alpha value is -7.10. The molecular formula is C50H31NO2. The lowest BCUT2D eigenvalue weighted by molar-refractivity contribution is 0.670. The first-order valence-electron chi connectivity index (χ1n) is 18.0. The van der Waals surface area contributed by atoms with Crippen molar-refractivity contribution in [2.45, 2.75) is 0 Å². The zero-order valence-corrected chi connectivity index (χ0v) is 28.7. The van der Waals surface area contributed by atoms with Crippen molar-refractivity contribution in [3.63, 3.8) is 0 Å². The van der Waals surface area contributed by atoms with Crippen molar-refractivity contribution in [2.24, 2.45) is 0 Å². The number of hydrogen-bond acceptors (Lipinski definition) is 3. The standard InChI is InChI=1S/C50H31NO2/c1-3-13-38-32(10-1)12-7-16-39(38)34-22-27-36(28-23-34)51(46-20-9-19-44-45-31-26-33-11-2-4-14-40(33)49(45)53-50(44)46)37-29-24-35(25-30-37)41-17-8-18-43-42-15-5-6-21-47(42)52-48(41)43/h1-31H. The molecule has 53 heavy (non-hydrogen) atoms. The second-order valence-electron chi connectivity index (χ2n) is 13.7. The van der Waals surface area contributed by atoms with Crippen LogP contribution in [0.5, 0.6) is 0 Å². The molecule has 9 aromatic carbocycles. The zero-order valence-electron chi connectivity index (χ0n) is 28.7. The van der Waals surface area contributed by atoms with Gasteiger partial charge in [0.2, 0.25) is 0 Å². The molecule has 0 spiro atoms. The van der Waals surface area contributed by atoms with E-state index in [9.17, 15) is 0 Å². The molecule has 2 heterocycles. The highest BCUT2D eigenvalue weighted by Crippen LogP contribution is 2.45. The third-order valence-electron chi connectivity index (χ3n) is 10.7. The van der Waals surface area contributed by atoms with Crippen LogP contribution in [-0.2, 0) is 0 Å². The van der Waals surface area contributed by atoms with Gasteiger partial charge in [-0.15, -0.1) is 0 Å². The second kappa shape index (κ2) is 11.7. The Morgan fingerprint density at radius 3 is 1.60 bits per heavy atom. The van der Waals surface area contributed by atoms with Gasteiger partial charge in [0.25, 0.3) is 0 Å². The summed E-state index contributed by atoms with van der Waals surface area (Å²) < 4.78 is 13.3. The van der Waals surface area contributed by atoms with Crippen LogP contribution in [0.2, 0.25) is 0 Å². The highest BCUT2D eigenvalue weighted by atomic mass is 16.3. The molecule has 0 fully saturated rings. The number of anilines is 3. The fourth-order valence-corrected chi connectivity index (χ4v) is 8.15. The molecule has 3 nitrogen and oxygen atoms in total. The number of hydrogen-bond donors (Lipinski definition) is 0. The van der Waals surface area contributed by atoms with Gasteiger partial charge < -0.3 is 13.7 Å². The van der Waals surface area contributed by atoms with E-state index >= 15 is 0 Å². The molecule has 11 rings (SSSR count). The SMILES string of the molecule is c1ccc2c(-c3ccc(N(c4ccc(-c5cccc6c5oc5ccccc56)cc4)c4cccc5c4oc4c6ccccc6ccc54)cc3)cccc2c1. The van der Waals surface area contributed by atoms with Gasteiger partial charge in [0.15, 0.2) is 5.58 Å². The van der Waals surface area contributed by atoms with Crippen molar-refractivity contribution < 1.29 is 8.83 Å². The Morgan fingerprint density at radius 2 is 0.830 bits per heavy atom. The summed E-state index contributed by atoms with van der Waals surface area (Å²) in [5.41, 5.74) is 11.2. The molecule has 0 aliphatic carbocycles. The Bertz CT molecular complexity index is 3160. The molecule has 0 amide bonds. The first-order valence-corrected chi connectivity index (χ1v) is 18.0. The predicted molar refractivity (Wildman–Crippen MR) is 222 cm³/mol. The van der Waals surface area contributed by atoms with E-state index in [0.717, 1.165) is 82.8 Å². The van der Waals surface area contributed by atoms with Crippen LogP contribution in [0.4, 0.5) is 17.1 Å². The van der Waals surface area contributed by atoms with E-state index in [1.165, 1.54) is 21.9 Å². The maximum absolute atomic E-state index is 6.88. The van der Waals surface area contributed by atoms with Crippen LogP contribution in [0.25, 0.3) is 87.7 Å². The number of fused-ring (bicyclic) bond motifs is 9. The van der Waals surface area contributed by atoms with E-state index < -0.39 is 0 Å². The van der Waals surface area contributed by atoms with E-state index in [-0.39, 0.29) is 0 Å². The quantitative estimate of drug-likeness (QED) is 0.182. The van der Waals surface area contributed by atoms with Crippen molar-refractivity contribution in [1.82, 2.24) is 0 Å². The number of para-hydroxylation sites is 3. The van der Waals surface area contributed by atoms with Gasteiger partial charge in [-0.25, -0.2) is 0 Å². The van der Waals surface area contributed by atoms with E-state index in [1.807, 2.05) is 12.1 Å². The summed E-state index contributed by atoms with van der Waals surface area (Å²) in [5, 5.41) is 9.21. The molecule has 0 atom stereocenters. The van der Waals surface area contributed by atoms with Gasteiger partial charge in [-0.05, 0) is 75.3 Å². The second-order valence-corrected chi connectivity index (χ2v) is 13.7. The summed E-state index contributed by atoms with van der Waals surface area (Å²) in [6.45, 7) is 0. The average molecular weight is 678 g/mol. The summed E-state index contributed by atoms with van der Waals surface area (Å²) in [6, 6.07) is 66.7. The molecule has 3 heteroatoms. The molecule has 0 bridgehead atoms. The third-order valence-corrected chi connectivity index (χ3v) is 10.7. The van der Waals surface area contributed by atoms with Gasteiger partial charge in [0.1, 0.15) is 16.7 Å². The minimum Gasteiger partial charge on any atom is -0.455 e. The van der Waals surface area contributed by atoms with Gasteiger partial charge in [-0.3, -0.25) is 0 Å². The van der Waals surface area contributed by atoms with E-state index in [0.29, 0.717) is 0 Å².